The number of carbonyl (C=O) groups is 2. The Morgan fingerprint density at radius 1 is 1.16 bits per heavy atom. The highest BCUT2D eigenvalue weighted by Gasteiger charge is 2.23. The van der Waals surface area contributed by atoms with E-state index in [0.717, 1.165) is 4.47 Å². The van der Waals surface area contributed by atoms with Crippen LogP contribution in [-0.2, 0) is 4.74 Å². The lowest BCUT2D eigenvalue weighted by Gasteiger charge is -2.11. The third-order valence-electron chi connectivity index (χ3n) is 4.51. The first kappa shape index (κ1) is 21.4. The van der Waals surface area contributed by atoms with Crippen LogP contribution in [0.1, 0.15) is 27.6 Å². The van der Waals surface area contributed by atoms with E-state index in [0.29, 0.717) is 16.7 Å². The average Bonchev–Trinajstić information content (AvgIpc) is 3.17. The number of nitrogens with zero attached hydrogens (tertiary/aromatic N) is 2. The molecule has 0 fully saturated rings. The summed E-state index contributed by atoms with van der Waals surface area (Å²) in [5, 5.41) is 7.19. The summed E-state index contributed by atoms with van der Waals surface area (Å²) in [5.74, 6) is -2.02. The highest BCUT2D eigenvalue weighted by atomic mass is 79.9. The normalized spacial score (nSPS) is 10.8. The number of ether oxygens (including phenoxy) is 1. The standard InChI is InChI=1S/C22H15BrFN3O5/c1-2-31-21(29)17-11-25-27(15-6-4-14(24)5-7-15)19(17)26-20(28)16-10-12-9-13(23)3-8-18(12)32-22(16)30/h3-11H,2H2,1H3,(H,26,28). The first-order chi connectivity index (χ1) is 15.4. The number of carbonyl (C=O) groups excluding carboxylic acids is 2. The number of halogens is 2. The van der Waals surface area contributed by atoms with Gasteiger partial charge in [0.05, 0.1) is 18.5 Å². The van der Waals surface area contributed by atoms with Crippen molar-refractivity contribution in [1.82, 2.24) is 9.78 Å². The van der Waals surface area contributed by atoms with E-state index in [1.165, 1.54) is 41.2 Å². The summed E-state index contributed by atoms with van der Waals surface area (Å²) in [7, 11) is 0. The smallest absolute Gasteiger partial charge is 0.349 e. The SMILES string of the molecule is CCOC(=O)c1cnn(-c2ccc(F)cc2)c1NC(=O)c1cc2cc(Br)ccc2oc1=O. The molecular weight excluding hydrogens is 485 g/mol. The largest absolute Gasteiger partial charge is 0.462 e. The van der Waals surface area contributed by atoms with Crippen molar-refractivity contribution < 1.29 is 23.1 Å². The molecule has 4 aromatic rings. The zero-order valence-electron chi connectivity index (χ0n) is 16.6. The molecule has 0 spiro atoms. The summed E-state index contributed by atoms with van der Waals surface area (Å²) in [5.41, 5.74) is -0.442. The van der Waals surface area contributed by atoms with Gasteiger partial charge in [-0.1, -0.05) is 15.9 Å². The van der Waals surface area contributed by atoms with Crippen molar-refractivity contribution in [3.05, 3.63) is 86.6 Å². The van der Waals surface area contributed by atoms with Crippen molar-refractivity contribution >= 4 is 44.6 Å². The summed E-state index contributed by atoms with van der Waals surface area (Å²) in [6.45, 7) is 1.75. The quantitative estimate of drug-likeness (QED) is 0.324. The van der Waals surface area contributed by atoms with Gasteiger partial charge in [0.15, 0.2) is 5.82 Å². The van der Waals surface area contributed by atoms with E-state index in [-0.39, 0.29) is 23.6 Å². The van der Waals surface area contributed by atoms with Crippen molar-refractivity contribution in [2.45, 2.75) is 6.92 Å². The zero-order valence-corrected chi connectivity index (χ0v) is 18.2. The van der Waals surface area contributed by atoms with Crippen LogP contribution in [0.2, 0.25) is 0 Å². The van der Waals surface area contributed by atoms with Gasteiger partial charge in [0.25, 0.3) is 5.91 Å². The second-order valence-corrected chi connectivity index (χ2v) is 7.52. The average molecular weight is 500 g/mol. The Labute approximate surface area is 188 Å². The lowest BCUT2D eigenvalue weighted by molar-refractivity contribution is 0.0527. The third-order valence-corrected chi connectivity index (χ3v) is 5.00. The third kappa shape index (κ3) is 4.17. The fourth-order valence-electron chi connectivity index (χ4n) is 3.03. The van der Waals surface area contributed by atoms with Gasteiger partial charge in [0, 0.05) is 9.86 Å². The fourth-order valence-corrected chi connectivity index (χ4v) is 3.41. The van der Waals surface area contributed by atoms with E-state index < -0.39 is 23.3 Å². The second kappa shape index (κ2) is 8.75. The van der Waals surface area contributed by atoms with E-state index in [9.17, 15) is 18.8 Å². The predicted molar refractivity (Wildman–Crippen MR) is 118 cm³/mol. The molecule has 0 unspecified atom stereocenters. The number of rotatable bonds is 5. The van der Waals surface area contributed by atoms with Crippen LogP contribution < -0.4 is 10.9 Å². The maximum absolute atomic E-state index is 13.3. The number of nitrogens with one attached hydrogen (secondary N) is 1. The maximum Gasteiger partial charge on any atom is 0.349 e. The molecule has 0 radical (unpaired) electrons. The molecule has 0 aliphatic heterocycles. The Balaban J connectivity index is 1.78. The Bertz CT molecular complexity index is 1400. The summed E-state index contributed by atoms with van der Waals surface area (Å²) in [4.78, 5) is 37.8. The van der Waals surface area contributed by atoms with Gasteiger partial charge in [-0.25, -0.2) is 18.7 Å². The summed E-state index contributed by atoms with van der Waals surface area (Å²) in [6, 6.07) is 11.7. The topological polar surface area (TPSA) is 103 Å². The molecule has 162 valence electrons. The minimum Gasteiger partial charge on any atom is -0.462 e. The summed E-state index contributed by atoms with van der Waals surface area (Å²) >= 11 is 3.33. The number of fused-ring (bicyclic) bond motifs is 1. The zero-order chi connectivity index (χ0) is 22.8. The number of benzene rings is 2. The van der Waals surface area contributed by atoms with Crippen molar-refractivity contribution in [1.29, 1.82) is 0 Å². The molecule has 2 aromatic carbocycles. The molecule has 0 aliphatic rings. The minimum atomic E-state index is -0.845. The van der Waals surface area contributed by atoms with Crippen LogP contribution >= 0.6 is 15.9 Å². The molecule has 0 saturated carbocycles. The lowest BCUT2D eigenvalue weighted by Crippen LogP contribution is -2.23. The first-order valence-corrected chi connectivity index (χ1v) is 10.2. The number of amides is 1. The molecule has 2 aromatic heterocycles. The van der Waals surface area contributed by atoms with Gasteiger partial charge >= 0.3 is 11.6 Å². The highest BCUT2D eigenvalue weighted by Crippen LogP contribution is 2.23. The molecule has 0 bridgehead atoms. The Hall–Kier alpha value is -3.79. The van der Waals surface area contributed by atoms with E-state index in [1.807, 2.05) is 0 Å². The molecule has 0 saturated heterocycles. The van der Waals surface area contributed by atoms with Gasteiger partial charge < -0.3 is 14.5 Å². The molecule has 4 rings (SSSR count). The van der Waals surface area contributed by atoms with E-state index >= 15 is 0 Å². The van der Waals surface area contributed by atoms with Crippen molar-refractivity contribution in [2.75, 3.05) is 11.9 Å². The Kier molecular flexibility index (Phi) is 5.87. The Morgan fingerprint density at radius 2 is 1.91 bits per heavy atom. The molecule has 8 nitrogen and oxygen atoms in total. The molecule has 1 N–H and O–H groups in total. The monoisotopic (exact) mass is 499 g/mol. The van der Waals surface area contributed by atoms with Gasteiger partial charge in [-0.15, -0.1) is 0 Å². The van der Waals surface area contributed by atoms with Crippen LogP contribution in [0.5, 0.6) is 0 Å². The van der Waals surface area contributed by atoms with Crippen LogP contribution in [-0.4, -0.2) is 28.3 Å². The van der Waals surface area contributed by atoms with Gasteiger partial charge in [-0.2, -0.15) is 5.10 Å². The van der Waals surface area contributed by atoms with Crippen molar-refractivity contribution in [3.8, 4) is 5.69 Å². The second-order valence-electron chi connectivity index (χ2n) is 6.60. The summed E-state index contributed by atoms with van der Waals surface area (Å²) < 4.78 is 25.6. The summed E-state index contributed by atoms with van der Waals surface area (Å²) in [6.07, 6.45) is 1.22. The molecular formula is C22H15BrFN3O5. The van der Waals surface area contributed by atoms with Gasteiger partial charge in [-0.3, -0.25) is 4.79 Å². The number of esters is 1. The van der Waals surface area contributed by atoms with Gasteiger partial charge in [-0.05, 0) is 55.5 Å². The molecule has 2 heterocycles. The molecule has 0 aliphatic carbocycles. The number of anilines is 1. The van der Waals surface area contributed by atoms with Crippen LogP contribution in [0, 0.1) is 5.82 Å². The number of aromatic nitrogens is 2. The first-order valence-electron chi connectivity index (χ1n) is 9.43. The van der Waals surface area contributed by atoms with E-state index in [4.69, 9.17) is 9.15 Å². The molecule has 0 atom stereocenters. The van der Waals surface area contributed by atoms with Crippen LogP contribution in [0.3, 0.4) is 0 Å². The minimum absolute atomic E-state index is 0.0301. The Morgan fingerprint density at radius 3 is 2.62 bits per heavy atom. The van der Waals surface area contributed by atoms with Crippen LogP contribution in [0.15, 0.2) is 68.4 Å². The highest BCUT2D eigenvalue weighted by molar-refractivity contribution is 9.10. The van der Waals surface area contributed by atoms with E-state index in [2.05, 4.69) is 26.3 Å². The molecule has 10 heteroatoms. The van der Waals surface area contributed by atoms with Crippen LogP contribution in [0.4, 0.5) is 10.2 Å². The van der Waals surface area contributed by atoms with Crippen molar-refractivity contribution in [3.63, 3.8) is 0 Å². The van der Waals surface area contributed by atoms with E-state index in [1.54, 1.807) is 25.1 Å². The van der Waals surface area contributed by atoms with Gasteiger partial charge in [0.1, 0.15) is 22.5 Å². The number of hydrogen-bond donors (Lipinski definition) is 1. The maximum atomic E-state index is 13.3. The van der Waals surface area contributed by atoms with Crippen LogP contribution in [0.25, 0.3) is 16.7 Å². The molecule has 1 amide bonds. The predicted octanol–water partition coefficient (Wildman–Crippen LogP) is 4.31. The van der Waals surface area contributed by atoms with Gasteiger partial charge in [0.2, 0.25) is 0 Å². The number of hydrogen-bond acceptors (Lipinski definition) is 6. The lowest BCUT2D eigenvalue weighted by atomic mass is 10.1. The van der Waals surface area contributed by atoms with Crippen molar-refractivity contribution in [2.24, 2.45) is 0 Å². The molecule has 32 heavy (non-hydrogen) atoms. The fraction of sp³-hybridized carbons (Fsp3) is 0.0909.